The minimum atomic E-state index is -0.905. The van der Waals surface area contributed by atoms with Gasteiger partial charge in [-0.2, -0.15) is 0 Å². The third-order valence-electron chi connectivity index (χ3n) is 11.6. The third kappa shape index (κ3) is 6.01. The number of hydrogen-bond acceptors (Lipinski definition) is 5. The average Bonchev–Trinajstić information content (AvgIpc) is 3.76. The van der Waals surface area contributed by atoms with Crippen LogP contribution < -0.4 is 16.0 Å². The average molecular weight is 708 g/mol. The van der Waals surface area contributed by atoms with E-state index >= 15 is 0 Å². The van der Waals surface area contributed by atoms with E-state index in [1.54, 1.807) is 6.08 Å². The van der Waals surface area contributed by atoms with Crippen LogP contribution in [0.1, 0.15) is 66.0 Å². The molecule has 1 fully saturated rings. The van der Waals surface area contributed by atoms with Gasteiger partial charge in [-0.1, -0.05) is 78.9 Å². The number of benzene rings is 3. The van der Waals surface area contributed by atoms with Crippen LogP contribution in [-0.2, 0) is 6.42 Å². The Morgan fingerprint density at radius 2 is 1.53 bits per heavy atom. The number of allylic oxidation sites excluding steroid dienone is 7. The monoisotopic (exact) mass is 707 g/mol. The lowest BCUT2D eigenvalue weighted by Gasteiger charge is -2.45. The number of nitrogens with one attached hydrogen (secondary N) is 3. The standard InChI is InChI=1S/C45H42FN3S2/c46-34-18-14-28(15-19-34)44-47-43(27-8-2-1-3-9-27)48-45(49-44)33-23-31(29-16-20-41-37(25-29)35-10-4-6-12-39(35)50-41)22-32(24-33)30-17-21-42-38(26-30)36-11-5-7-13-40(36)51-42/h2,4,6-10,12-18,20-22,25-26,32-34,43-45,47-49H,1,3,5,11,19,23-24H2. The predicted octanol–water partition coefficient (Wildman–Crippen LogP) is 11.1. The number of fused-ring (bicyclic) bond motifs is 6. The van der Waals surface area contributed by atoms with Gasteiger partial charge >= 0.3 is 0 Å². The minimum absolute atomic E-state index is 0.0123. The van der Waals surface area contributed by atoms with E-state index in [1.807, 2.05) is 28.7 Å². The summed E-state index contributed by atoms with van der Waals surface area (Å²) in [7, 11) is 0. The second-order valence-corrected chi connectivity index (χ2v) is 17.0. The summed E-state index contributed by atoms with van der Waals surface area (Å²) in [6.07, 6.45) is 25.9. The lowest BCUT2D eigenvalue weighted by atomic mass is 9.75. The van der Waals surface area contributed by atoms with E-state index in [-0.39, 0.29) is 24.4 Å². The Bertz CT molecular complexity index is 2350. The van der Waals surface area contributed by atoms with Crippen LogP contribution in [0, 0.1) is 5.92 Å². The molecule has 6 atom stereocenters. The zero-order valence-electron chi connectivity index (χ0n) is 28.6. The van der Waals surface area contributed by atoms with E-state index in [1.165, 1.54) is 63.0 Å². The number of hydrogen-bond donors (Lipinski definition) is 3. The van der Waals surface area contributed by atoms with Gasteiger partial charge in [0.2, 0.25) is 0 Å². The molecule has 3 heterocycles. The number of thiophene rings is 2. The van der Waals surface area contributed by atoms with Gasteiger partial charge in [-0.05, 0) is 120 Å². The summed E-state index contributed by atoms with van der Waals surface area (Å²) < 4.78 is 18.3. The number of halogens is 1. The van der Waals surface area contributed by atoms with E-state index in [0.29, 0.717) is 12.3 Å². The molecule has 0 radical (unpaired) electrons. The van der Waals surface area contributed by atoms with Gasteiger partial charge in [0.25, 0.3) is 0 Å². The van der Waals surface area contributed by atoms with Crippen molar-refractivity contribution in [3.63, 3.8) is 0 Å². The van der Waals surface area contributed by atoms with Crippen LogP contribution in [0.15, 0.2) is 120 Å². The third-order valence-corrected chi connectivity index (χ3v) is 13.9. The molecule has 3 nitrogen and oxygen atoms in total. The fraction of sp³-hybridized carbons (Fsp3) is 0.289. The molecular formula is C45H42FN3S2. The first-order chi connectivity index (χ1) is 25.1. The molecule has 3 N–H and O–H groups in total. The minimum Gasteiger partial charge on any atom is -0.282 e. The highest BCUT2D eigenvalue weighted by molar-refractivity contribution is 7.25. The van der Waals surface area contributed by atoms with Crippen molar-refractivity contribution in [3.8, 4) is 0 Å². The normalized spacial score (nSPS) is 27.8. The highest BCUT2D eigenvalue weighted by Gasteiger charge is 2.37. The van der Waals surface area contributed by atoms with Crippen molar-refractivity contribution in [2.75, 3.05) is 0 Å². The highest BCUT2D eigenvalue weighted by atomic mass is 32.1. The molecule has 5 aromatic rings. The summed E-state index contributed by atoms with van der Waals surface area (Å²) in [4.78, 5) is 1.43. The van der Waals surface area contributed by atoms with Crippen LogP contribution >= 0.6 is 22.7 Å². The maximum atomic E-state index is 14.2. The van der Waals surface area contributed by atoms with E-state index < -0.39 is 6.17 Å². The van der Waals surface area contributed by atoms with Gasteiger partial charge in [-0.25, -0.2) is 4.39 Å². The molecular weight excluding hydrogens is 666 g/mol. The van der Waals surface area contributed by atoms with Crippen LogP contribution in [-0.4, -0.2) is 24.7 Å². The first-order valence-electron chi connectivity index (χ1n) is 18.6. The van der Waals surface area contributed by atoms with Crippen molar-refractivity contribution >= 4 is 64.6 Å². The molecule has 1 saturated heterocycles. The molecule has 10 rings (SSSR count). The molecule has 4 aliphatic carbocycles. The van der Waals surface area contributed by atoms with Gasteiger partial charge in [0.05, 0.1) is 18.5 Å². The number of aryl methyl sites for hydroxylation is 1. The quantitative estimate of drug-likeness (QED) is 0.170. The summed E-state index contributed by atoms with van der Waals surface area (Å²) >= 11 is 3.82. The summed E-state index contributed by atoms with van der Waals surface area (Å²) in [5, 5.41) is 16.0. The molecule has 0 amide bonds. The fourth-order valence-corrected chi connectivity index (χ4v) is 11.2. The van der Waals surface area contributed by atoms with Gasteiger partial charge < -0.3 is 0 Å². The highest BCUT2D eigenvalue weighted by Crippen LogP contribution is 2.45. The Hall–Kier alpha value is -3.91. The van der Waals surface area contributed by atoms with Crippen LogP contribution in [0.4, 0.5) is 4.39 Å². The molecule has 256 valence electrons. The van der Waals surface area contributed by atoms with Crippen LogP contribution in [0.25, 0.3) is 41.9 Å². The molecule has 0 spiro atoms. The zero-order chi connectivity index (χ0) is 33.9. The molecule has 1 aliphatic heterocycles. The Labute approximate surface area is 307 Å². The van der Waals surface area contributed by atoms with Gasteiger partial charge in [0, 0.05) is 42.1 Å². The predicted molar refractivity (Wildman–Crippen MR) is 216 cm³/mol. The maximum Gasteiger partial charge on any atom is 0.122 e. The smallest absolute Gasteiger partial charge is 0.122 e. The van der Waals surface area contributed by atoms with Crippen molar-refractivity contribution in [3.05, 3.63) is 142 Å². The van der Waals surface area contributed by atoms with E-state index in [0.717, 1.165) is 44.1 Å². The SMILES string of the molecule is FC1C=CC(C2NC(C3=CCCC=C3)NC(C3CC(c4ccc5sc6ccccc6c5c4)=CC(c4ccc5sc6c(c5c4)CCC=C6)C3)N2)=CC1. The zero-order valence-corrected chi connectivity index (χ0v) is 30.2. The van der Waals surface area contributed by atoms with Crippen LogP contribution in [0.3, 0.4) is 0 Å². The summed E-state index contributed by atoms with van der Waals surface area (Å²) in [6.45, 7) is 0. The Kier molecular flexibility index (Phi) is 8.26. The van der Waals surface area contributed by atoms with E-state index in [4.69, 9.17) is 0 Å². The van der Waals surface area contributed by atoms with Gasteiger partial charge in [-0.15, -0.1) is 22.7 Å². The van der Waals surface area contributed by atoms with E-state index in [2.05, 4.69) is 119 Å². The largest absolute Gasteiger partial charge is 0.282 e. The number of rotatable bonds is 5. The second-order valence-electron chi connectivity index (χ2n) is 14.8. The first kappa shape index (κ1) is 31.8. The topological polar surface area (TPSA) is 36.1 Å². The molecule has 6 unspecified atom stereocenters. The maximum absolute atomic E-state index is 14.2. The summed E-state index contributed by atoms with van der Waals surface area (Å²) in [6, 6.07) is 23.2. The molecule has 5 aliphatic rings. The molecule has 3 aromatic carbocycles. The molecule has 6 heteroatoms. The fourth-order valence-electron chi connectivity index (χ4n) is 8.92. The Morgan fingerprint density at radius 1 is 0.706 bits per heavy atom. The van der Waals surface area contributed by atoms with Crippen LogP contribution in [0.2, 0.25) is 0 Å². The lowest BCUT2D eigenvalue weighted by molar-refractivity contribution is 0.175. The van der Waals surface area contributed by atoms with Crippen molar-refractivity contribution in [1.29, 1.82) is 0 Å². The van der Waals surface area contributed by atoms with Crippen molar-refractivity contribution < 1.29 is 4.39 Å². The van der Waals surface area contributed by atoms with Crippen LogP contribution in [0.5, 0.6) is 0 Å². The molecule has 2 aromatic heterocycles. The Morgan fingerprint density at radius 3 is 2.39 bits per heavy atom. The van der Waals surface area contributed by atoms with E-state index in [9.17, 15) is 4.39 Å². The summed E-state index contributed by atoms with van der Waals surface area (Å²) in [5.74, 6) is 0.625. The van der Waals surface area contributed by atoms with Gasteiger partial charge in [-0.3, -0.25) is 16.0 Å². The second kappa shape index (κ2) is 13.3. The van der Waals surface area contributed by atoms with Crippen molar-refractivity contribution in [2.24, 2.45) is 5.92 Å². The number of alkyl halides is 1. The molecule has 0 bridgehead atoms. The Balaban J connectivity index is 1.05. The van der Waals surface area contributed by atoms with Crippen molar-refractivity contribution in [1.82, 2.24) is 16.0 Å². The first-order valence-corrected chi connectivity index (χ1v) is 20.3. The van der Waals surface area contributed by atoms with Crippen molar-refractivity contribution in [2.45, 2.75) is 75.5 Å². The molecule has 51 heavy (non-hydrogen) atoms. The van der Waals surface area contributed by atoms with Gasteiger partial charge in [0.1, 0.15) is 6.17 Å². The summed E-state index contributed by atoms with van der Waals surface area (Å²) in [5.41, 5.74) is 8.10. The lowest BCUT2D eigenvalue weighted by Crippen LogP contribution is -2.70. The molecule has 0 saturated carbocycles. The van der Waals surface area contributed by atoms with Gasteiger partial charge in [0.15, 0.2) is 0 Å².